The van der Waals surface area contributed by atoms with Crippen LogP contribution in [0.3, 0.4) is 0 Å². The first kappa shape index (κ1) is 10.2. The fourth-order valence-corrected chi connectivity index (χ4v) is 0.628. The molecule has 0 radical (unpaired) electrons. The summed E-state index contributed by atoms with van der Waals surface area (Å²) >= 11 is 0. The summed E-state index contributed by atoms with van der Waals surface area (Å²) in [6, 6.07) is -0.508. The van der Waals surface area contributed by atoms with Gasteiger partial charge < -0.3 is 10.5 Å². The van der Waals surface area contributed by atoms with E-state index in [0.717, 1.165) is 0 Å². The molecule has 2 N–H and O–H groups in total. The molecule has 0 rings (SSSR count). The average Bonchev–Trinajstić information content (AvgIpc) is 2.00. The highest BCUT2D eigenvalue weighted by molar-refractivity contribution is 5.75. The molecule has 0 amide bonds. The second-order valence-corrected chi connectivity index (χ2v) is 2.16. The van der Waals surface area contributed by atoms with Crippen LogP contribution in [-0.4, -0.2) is 18.6 Å². The highest BCUT2D eigenvalue weighted by atomic mass is 16.5. The third kappa shape index (κ3) is 4.56. The SMILES string of the molecule is C/C=C/C[C@@H](N)C(=O)OCC. The van der Waals surface area contributed by atoms with E-state index in [4.69, 9.17) is 10.5 Å². The Labute approximate surface area is 67.2 Å². The van der Waals surface area contributed by atoms with Gasteiger partial charge in [0, 0.05) is 0 Å². The van der Waals surface area contributed by atoms with E-state index in [1.165, 1.54) is 0 Å². The molecule has 0 aromatic carbocycles. The summed E-state index contributed by atoms with van der Waals surface area (Å²) in [5.74, 6) is -0.328. The minimum absolute atomic E-state index is 0.328. The Morgan fingerprint density at radius 1 is 1.73 bits per heavy atom. The Morgan fingerprint density at radius 2 is 2.36 bits per heavy atom. The van der Waals surface area contributed by atoms with Crippen molar-refractivity contribution >= 4 is 5.97 Å². The number of esters is 1. The van der Waals surface area contributed by atoms with E-state index >= 15 is 0 Å². The highest BCUT2D eigenvalue weighted by Crippen LogP contribution is 1.93. The molecule has 0 aromatic heterocycles. The third-order valence-electron chi connectivity index (χ3n) is 1.22. The first-order valence-corrected chi connectivity index (χ1v) is 3.75. The minimum Gasteiger partial charge on any atom is -0.465 e. The van der Waals surface area contributed by atoms with Gasteiger partial charge in [0.05, 0.1) is 6.61 Å². The maximum absolute atomic E-state index is 10.9. The summed E-state index contributed by atoms with van der Waals surface area (Å²) in [5, 5.41) is 0. The summed E-state index contributed by atoms with van der Waals surface area (Å²) in [6.07, 6.45) is 4.26. The highest BCUT2D eigenvalue weighted by Gasteiger charge is 2.11. The van der Waals surface area contributed by atoms with E-state index in [0.29, 0.717) is 13.0 Å². The molecule has 0 aliphatic carbocycles. The predicted molar refractivity (Wildman–Crippen MR) is 44.0 cm³/mol. The van der Waals surface area contributed by atoms with Gasteiger partial charge in [-0.3, -0.25) is 4.79 Å². The Kier molecular flexibility index (Phi) is 5.47. The van der Waals surface area contributed by atoms with Crippen molar-refractivity contribution in [3.05, 3.63) is 12.2 Å². The molecule has 64 valence electrons. The molecule has 0 aromatic rings. The Balaban J connectivity index is 3.63. The molecule has 0 heterocycles. The molecule has 3 heteroatoms. The first-order valence-electron chi connectivity index (χ1n) is 3.75. The van der Waals surface area contributed by atoms with Crippen molar-refractivity contribution in [2.75, 3.05) is 6.61 Å². The van der Waals surface area contributed by atoms with Crippen LogP contribution in [0.1, 0.15) is 20.3 Å². The van der Waals surface area contributed by atoms with Gasteiger partial charge in [0.1, 0.15) is 6.04 Å². The number of carbonyl (C=O) groups excluding carboxylic acids is 1. The molecule has 0 spiro atoms. The lowest BCUT2D eigenvalue weighted by atomic mass is 10.2. The summed E-state index contributed by atoms with van der Waals surface area (Å²) in [6.45, 7) is 4.04. The standard InChI is InChI=1S/C8H15NO2/c1-3-5-6-7(9)8(10)11-4-2/h3,5,7H,4,6,9H2,1-2H3/b5-3+/t7-/m1/s1. The van der Waals surface area contributed by atoms with E-state index in [2.05, 4.69) is 0 Å². The fraction of sp³-hybridized carbons (Fsp3) is 0.625. The zero-order valence-electron chi connectivity index (χ0n) is 7.04. The molecule has 0 saturated carbocycles. The van der Waals surface area contributed by atoms with E-state index in [9.17, 15) is 4.79 Å². The van der Waals surface area contributed by atoms with Crippen LogP contribution < -0.4 is 5.73 Å². The van der Waals surface area contributed by atoms with Crippen molar-refractivity contribution in [2.24, 2.45) is 5.73 Å². The molecule has 0 unspecified atom stereocenters. The lowest BCUT2D eigenvalue weighted by Crippen LogP contribution is -2.31. The average molecular weight is 157 g/mol. The van der Waals surface area contributed by atoms with Crippen LogP contribution in [-0.2, 0) is 9.53 Å². The Hall–Kier alpha value is -0.830. The Bertz CT molecular complexity index is 143. The van der Waals surface area contributed by atoms with Gasteiger partial charge in [0.15, 0.2) is 0 Å². The van der Waals surface area contributed by atoms with Crippen molar-refractivity contribution < 1.29 is 9.53 Å². The van der Waals surface area contributed by atoms with Crippen molar-refractivity contribution in [1.29, 1.82) is 0 Å². The summed E-state index contributed by atoms with van der Waals surface area (Å²) in [5.41, 5.74) is 5.46. The molecular formula is C8H15NO2. The van der Waals surface area contributed by atoms with E-state index < -0.39 is 6.04 Å². The zero-order chi connectivity index (χ0) is 8.69. The molecule has 1 atom stereocenters. The van der Waals surface area contributed by atoms with E-state index in [1.807, 2.05) is 19.1 Å². The third-order valence-corrected chi connectivity index (χ3v) is 1.22. The largest absolute Gasteiger partial charge is 0.465 e. The summed E-state index contributed by atoms with van der Waals surface area (Å²) in [7, 11) is 0. The lowest BCUT2D eigenvalue weighted by Gasteiger charge is -2.06. The van der Waals surface area contributed by atoms with Gasteiger partial charge in [0.2, 0.25) is 0 Å². The van der Waals surface area contributed by atoms with Gasteiger partial charge in [0.25, 0.3) is 0 Å². The zero-order valence-corrected chi connectivity index (χ0v) is 7.04. The van der Waals surface area contributed by atoms with E-state index in [-0.39, 0.29) is 5.97 Å². The molecule has 0 aliphatic heterocycles. The predicted octanol–water partition coefficient (Wildman–Crippen LogP) is 0.843. The van der Waals surface area contributed by atoms with Gasteiger partial charge in [-0.05, 0) is 20.3 Å². The maximum Gasteiger partial charge on any atom is 0.323 e. The Morgan fingerprint density at radius 3 is 2.82 bits per heavy atom. The molecule has 0 saturated heterocycles. The molecule has 0 bridgehead atoms. The lowest BCUT2D eigenvalue weighted by molar-refractivity contribution is -0.144. The monoisotopic (exact) mass is 157 g/mol. The molecule has 0 fully saturated rings. The van der Waals surface area contributed by atoms with Crippen LogP contribution >= 0.6 is 0 Å². The molecule has 11 heavy (non-hydrogen) atoms. The summed E-state index contributed by atoms with van der Waals surface area (Å²) in [4.78, 5) is 10.9. The molecule has 0 aliphatic rings. The van der Waals surface area contributed by atoms with Gasteiger partial charge in [-0.1, -0.05) is 12.2 Å². The van der Waals surface area contributed by atoms with Crippen molar-refractivity contribution in [2.45, 2.75) is 26.3 Å². The number of hydrogen-bond donors (Lipinski definition) is 1. The van der Waals surface area contributed by atoms with Crippen LogP contribution in [0.5, 0.6) is 0 Å². The molecule has 3 nitrogen and oxygen atoms in total. The number of allylic oxidation sites excluding steroid dienone is 1. The summed E-state index contributed by atoms with van der Waals surface area (Å²) < 4.78 is 4.70. The van der Waals surface area contributed by atoms with Crippen molar-refractivity contribution in [3.63, 3.8) is 0 Å². The van der Waals surface area contributed by atoms with E-state index in [1.54, 1.807) is 6.92 Å². The minimum atomic E-state index is -0.508. The van der Waals surface area contributed by atoms with Gasteiger partial charge in [-0.2, -0.15) is 0 Å². The van der Waals surface area contributed by atoms with Crippen LogP contribution in [0.2, 0.25) is 0 Å². The topological polar surface area (TPSA) is 52.3 Å². The number of hydrogen-bond acceptors (Lipinski definition) is 3. The number of rotatable bonds is 4. The maximum atomic E-state index is 10.9. The quantitative estimate of drug-likeness (QED) is 0.486. The van der Waals surface area contributed by atoms with Gasteiger partial charge in [-0.15, -0.1) is 0 Å². The van der Waals surface area contributed by atoms with Crippen LogP contribution in [0.4, 0.5) is 0 Å². The van der Waals surface area contributed by atoms with Crippen LogP contribution in [0, 0.1) is 0 Å². The van der Waals surface area contributed by atoms with Crippen LogP contribution in [0.15, 0.2) is 12.2 Å². The second-order valence-electron chi connectivity index (χ2n) is 2.16. The number of ether oxygens (including phenoxy) is 1. The second kappa shape index (κ2) is 5.92. The number of carbonyl (C=O) groups is 1. The fourth-order valence-electron chi connectivity index (χ4n) is 0.628. The molecular weight excluding hydrogens is 142 g/mol. The first-order chi connectivity index (χ1) is 5.22. The van der Waals surface area contributed by atoms with Gasteiger partial charge >= 0.3 is 5.97 Å². The smallest absolute Gasteiger partial charge is 0.323 e. The van der Waals surface area contributed by atoms with Crippen molar-refractivity contribution in [1.82, 2.24) is 0 Å². The normalized spacial score (nSPS) is 13.4. The number of nitrogens with two attached hydrogens (primary N) is 1. The van der Waals surface area contributed by atoms with Gasteiger partial charge in [-0.25, -0.2) is 0 Å². The van der Waals surface area contributed by atoms with Crippen LogP contribution in [0.25, 0.3) is 0 Å². The van der Waals surface area contributed by atoms with Crippen molar-refractivity contribution in [3.8, 4) is 0 Å².